The molecule has 0 saturated carbocycles. The molecule has 0 fully saturated rings. The van der Waals surface area contributed by atoms with E-state index in [2.05, 4.69) is 15.6 Å². The van der Waals surface area contributed by atoms with Crippen molar-refractivity contribution in [2.24, 2.45) is 0 Å². The molecule has 3 aromatic rings. The molecule has 0 bridgehead atoms. The molecule has 0 spiro atoms. The van der Waals surface area contributed by atoms with Crippen molar-refractivity contribution < 1.29 is 9.59 Å². The molecule has 1 heterocycles. The van der Waals surface area contributed by atoms with Crippen LogP contribution in [0.1, 0.15) is 16.1 Å². The monoisotopic (exact) mass is 337 g/mol. The number of nitrogens with one attached hydrogen (secondary N) is 2. The summed E-state index contributed by atoms with van der Waals surface area (Å²) in [6.07, 6.45) is 1.29. The Balaban J connectivity index is 1.58. The summed E-state index contributed by atoms with van der Waals surface area (Å²) in [7, 11) is 0. The first-order chi connectivity index (χ1) is 11.7. The van der Waals surface area contributed by atoms with Crippen molar-refractivity contribution in [2.45, 2.75) is 6.42 Å². The van der Waals surface area contributed by atoms with Gasteiger partial charge in [-0.05, 0) is 24.3 Å². The Labute approximate surface area is 143 Å². The molecule has 0 unspecified atom stereocenters. The van der Waals surface area contributed by atoms with Gasteiger partial charge in [-0.2, -0.15) is 0 Å². The summed E-state index contributed by atoms with van der Waals surface area (Å²) in [4.78, 5) is 28.8. The number of ketones is 1. The number of nitrogens with zero attached hydrogens (tertiary/aromatic N) is 1. The number of amides is 1. The Bertz CT molecular complexity index is 832. The van der Waals surface area contributed by atoms with E-state index in [1.807, 2.05) is 48.5 Å². The fraction of sp³-hybridized carbons (Fsp3) is 0.0556. The van der Waals surface area contributed by atoms with Crippen molar-refractivity contribution >= 4 is 39.5 Å². The molecule has 2 N–H and O–H groups in total. The molecule has 0 radical (unpaired) electrons. The van der Waals surface area contributed by atoms with Crippen LogP contribution in [0.4, 0.5) is 16.5 Å². The van der Waals surface area contributed by atoms with E-state index in [0.717, 1.165) is 5.69 Å². The molecule has 1 aromatic heterocycles. The van der Waals surface area contributed by atoms with Crippen LogP contribution in [0.15, 0.2) is 66.9 Å². The van der Waals surface area contributed by atoms with Crippen molar-refractivity contribution in [1.29, 1.82) is 0 Å². The lowest BCUT2D eigenvalue weighted by molar-refractivity contribution is -0.115. The molecular weight excluding hydrogens is 322 g/mol. The highest BCUT2D eigenvalue weighted by molar-refractivity contribution is 7.17. The minimum absolute atomic E-state index is 0.206. The molecule has 120 valence electrons. The molecule has 0 aliphatic rings. The van der Waals surface area contributed by atoms with Gasteiger partial charge in [-0.15, -0.1) is 0 Å². The van der Waals surface area contributed by atoms with Gasteiger partial charge in [0.05, 0.1) is 17.5 Å². The number of benzene rings is 2. The fourth-order valence-electron chi connectivity index (χ4n) is 2.07. The van der Waals surface area contributed by atoms with E-state index in [-0.39, 0.29) is 18.1 Å². The van der Waals surface area contributed by atoms with E-state index in [0.29, 0.717) is 15.7 Å². The average Bonchev–Trinajstić information content (AvgIpc) is 3.05. The summed E-state index contributed by atoms with van der Waals surface area (Å²) < 4.78 is 0. The first-order valence-electron chi connectivity index (χ1n) is 7.37. The van der Waals surface area contributed by atoms with Crippen LogP contribution in [-0.4, -0.2) is 16.7 Å². The maximum absolute atomic E-state index is 12.2. The number of carbonyl (C=O) groups is 2. The highest BCUT2D eigenvalue weighted by Crippen LogP contribution is 2.23. The zero-order chi connectivity index (χ0) is 16.8. The fourth-order valence-corrected chi connectivity index (χ4v) is 2.84. The highest BCUT2D eigenvalue weighted by atomic mass is 32.1. The first kappa shape index (κ1) is 15.9. The van der Waals surface area contributed by atoms with E-state index in [1.165, 1.54) is 17.5 Å². The molecule has 3 rings (SSSR count). The van der Waals surface area contributed by atoms with Gasteiger partial charge in [-0.25, -0.2) is 4.98 Å². The normalized spacial score (nSPS) is 10.2. The highest BCUT2D eigenvalue weighted by Gasteiger charge is 2.15. The summed E-state index contributed by atoms with van der Waals surface area (Å²) in [6.45, 7) is 0. The Morgan fingerprint density at radius 3 is 2.21 bits per heavy atom. The predicted octanol–water partition coefficient (Wildman–Crippen LogP) is 4.10. The van der Waals surface area contributed by atoms with Crippen molar-refractivity contribution in [2.75, 3.05) is 10.6 Å². The summed E-state index contributed by atoms with van der Waals surface area (Å²) >= 11 is 1.23. The van der Waals surface area contributed by atoms with E-state index in [9.17, 15) is 9.59 Å². The van der Waals surface area contributed by atoms with E-state index >= 15 is 0 Å². The summed E-state index contributed by atoms with van der Waals surface area (Å²) in [5.41, 5.74) is 1.57. The van der Waals surface area contributed by atoms with Crippen molar-refractivity contribution in [3.8, 4) is 0 Å². The van der Waals surface area contributed by atoms with Crippen LogP contribution in [0.25, 0.3) is 0 Å². The van der Waals surface area contributed by atoms with Crippen LogP contribution in [0.2, 0.25) is 0 Å². The zero-order valence-corrected chi connectivity index (χ0v) is 13.5. The van der Waals surface area contributed by atoms with Crippen molar-refractivity contribution in [3.63, 3.8) is 0 Å². The number of anilines is 3. The quantitative estimate of drug-likeness (QED) is 0.525. The predicted molar refractivity (Wildman–Crippen MR) is 95.9 cm³/mol. The lowest BCUT2D eigenvalue weighted by Gasteiger charge is -2.03. The molecule has 24 heavy (non-hydrogen) atoms. The molecule has 0 saturated heterocycles. The van der Waals surface area contributed by atoms with Crippen molar-refractivity contribution in [1.82, 2.24) is 4.98 Å². The molecule has 2 aromatic carbocycles. The van der Waals surface area contributed by atoms with Gasteiger partial charge in [0.25, 0.3) is 0 Å². The number of aromatic nitrogens is 1. The summed E-state index contributed by atoms with van der Waals surface area (Å²) in [6, 6.07) is 18.6. The number of hydrogen-bond donors (Lipinski definition) is 2. The third-order valence-corrected chi connectivity index (χ3v) is 4.14. The number of carbonyl (C=O) groups excluding carboxylic acids is 2. The first-order valence-corrected chi connectivity index (χ1v) is 8.18. The van der Waals surface area contributed by atoms with Gasteiger partial charge in [0.2, 0.25) is 5.91 Å². The van der Waals surface area contributed by atoms with Gasteiger partial charge >= 0.3 is 0 Å². The molecule has 1 amide bonds. The molecule has 0 aliphatic carbocycles. The second-order valence-electron chi connectivity index (χ2n) is 5.03. The molecule has 0 atom stereocenters. The van der Waals surface area contributed by atoms with E-state index < -0.39 is 0 Å². The number of thiazole rings is 1. The van der Waals surface area contributed by atoms with Crippen molar-refractivity contribution in [3.05, 3.63) is 71.7 Å². The van der Waals surface area contributed by atoms with Crippen LogP contribution in [0.5, 0.6) is 0 Å². The number of para-hydroxylation sites is 2. The van der Waals surface area contributed by atoms with Gasteiger partial charge in [-0.3, -0.25) is 9.59 Å². The van der Waals surface area contributed by atoms with E-state index in [1.54, 1.807) is 12.1 Å². The maximum Gasteiger partial charge on any atom is 0.232 e. The van der Waals surface area contributed by atoms with Gasteiger partial charge in [0, 0.05) is 11.4 Å². The topological polar surface area (TPSA) is 71.1 Å². The average molecular weight is 337 g/mol. The number of Topliss-reactive ketones (excluding diaryl/α,β-unsaturated/α-hetero) is 1. The minimum atomic E-state index is -0.336. The smallest absolute Gasteiger partial charge is 0.232 e. The Kier molecular flexibility index (Phi) is 4.98. The van der Waals surface area contributed by atoms with Crippen LogP contribution in [0, 0.1) is 0 Å². The molecule has 0 aliphatic heterocycles. The lowest BCUT2D eigenvalue weighted by atomic mass is 10.2. The SMILES string of the molecule is O=C(CC(=O)c1cnc(Nc2ccccc2)s1)Nc1ccccc1. The Morgan fingerprint density at radius 1 is 0.917 bits per heavy atom. The third kappa shape index (κ3) is 4.27. The summed E-state index contributed by atoms with van der Waals surface area (Å²) in [5, 5.41) is 6.44. The van der Waals surface area contributed by atoms with Crippen LogP contribution < -0.4 is 10.6 Å². The standard InChI is InChI=1S/C18H15N3O2S/c22-15(11-17(23)20-13-7-3-1-4-8-13)16-12-19-18(24-16)21-14-9-5-2-6-10-14/h1-10,12H,11H2,(H,19,21)(H,20,23). The van der Waals surface area contributed by atoms with Crippen LogP contribution >= 0.6 is 11.3 Å². The number of rotatable bonds is 6. The summed E-state index contributed by atoms with van der Waals surface area (Å²) in [5.74, 6) is -0.584. The van der Waals surface area contributed by atoms with Crippen LogP contribution in [-0.2, 0) is 4.79 Å². The van der Waals surface area contributed by atoms with Gasteiger partial charge < -0.3 is 10.6 Å². The van der Waals surface area contributed by atoms with E-state index in [4.69, 9.17) is 0 Å². The zero-order valence-electron chi connectivity index (χ0n) is 12.7. The number of hydrogen-bond acceptors (Lipinski definition) is 5. The minimum Gasteiger partial charge on any atom is -0.332 e. The van der Waals surface area contributed by atoms with Gasteiger partial charge in [0.1, 0.15) is 0 Å². The van der Waals surface area contributed by atoms with Gasteiger partial charge in [0.15, 0.2) is 10.9 Å². The Hall–Kier alpha value is -2.99. The molecular formula is C18H15N3O2S. The van der Waals surface area contributed by atoms with Gasteiger partial charge in [-0.1, -0.05) is 47.7 Å². The molecule has 5 nitrogen and oxygen atoms in total. The lowest BCUT2D eigenvalue weighted by Crippen LogP contribution is -2.15. The second-order valence-corrected chi connectivity index (χ2v) is 6.07. The second kappa shape index (κ2) is 7.52. The largest absolute Gasteiger partial charge is 0.332 e. The van der Waals surface area contributed by atoms with Crippen LogP contribution in [0.3, 0.4) is 0 Å². The Morgan fingerprint density at radius 2 is 1.54 bits per heavy atom. The molecule has 6 heteroatoms. The maximum atomic E-state index is 12.2. The third-order valence-electron chi connectivity index (χ3n) is 3.18.